The number of benzene rings is 2. The third kappa shape index (κ3) is 4.71. The lowest BCUT2D eigenvalue weighted by Gasteiger charge is -2.36. The lowest BCUT2D eigenvalue weighted by Crippen LogP contribution is -2.51. The van der Waals surface area contributed by atoms with Crippen LogP contribution < -0.4 is 10.1 Å². The summed E-state index contributed by atoms with van der Waals surface area (Å²) in [5.41, 5.74) is 0.703. The van der Waals surface area contributed by atoms with Gasteiger partial charge in [0.15, 0.2) is 5.11 Å². The zero-order valence-corrected chi connectivity index (χ0v) is 20.4. The van der Waals surface area contributed by atoms with E-state index < -0.39 is 0 Å². The van der Waals surface area contributed by atoms with E-state index in [0.717, 1.165) is 10.1 Å². The van der Waals surface area contributed by atoms with Crippen molar-refractivity contribution in [2.24, 2.45) is 0 Å². The summed E-state index contributed by atoms with van der Waals surface area (Å²) >= 11 is 25.6. The fourth-order valence-electron chi connectivity index (χ4n) is 3.40. The van der Waals surface area contributed by atoms with Crippen molar-refractivity contribution in [3.8, 4) is 5.75 Å². The van der Waals surface area contributed by atoms with E-state index in [1.807, 2.05) is 17.0 Å². The Labute approximate surface area is 204 Å². The minimum Gasteiger partial charge on any atom is -0.495 e. The summed E-state index contributed by atoms with van der Waals surface area (Å²) in [7, 11) is 1.59. The molecule has 2 aromatic carbocycles. The molecule has 0 unspecified atom stereocenters. The van der Waals surface area contributed by atoms with Gasteiger partial charge in [-0.2, -0.15) is 0 Å². The molecule has 1 aliphatic rings. The van der Waals surface area contributed by atoms with E-state index in [1.54, 1.807) is 36.3 Å². The Bertz CT molecular complexity index is 1160. The van der Waals surface area contributed by atoms with Crippen LogP contribution in [-0.2, 0) is 0 Å². The Morgan fingerprint density at radius 1 is 1.03 bits per heavy atom. The number of carbonyl (C=O) groups is 1. The van der Waals surface area contributed by atoms with Gasteiger partial charge in [0, 0.05) is 46.3 Å². The summed E-state index contributed by atoms with van der Waals surface area (Å²) in [5.74, 6) is 0.581. The molecule has 0 atom stereocenters. The van der Waals surface area contributed by atoms with E-state index in [2.05, 4.69) is 5.32 Å². The van der Waals surface area contributed by atoms with Crippen LogP contribution in [0.25, 0.3) is 10.1 Å². The number of methoxy groups -OCH3 is 1. The number of piperazine rings is 1. The third-order valence-electron chi connectivity index (χ3n) is 5.04. The number of nitrogens with zero attached hydrogens (tertiary/aromatic N) is 2. The van der Waals surface area contributed by atoms with Crippen molar-refractivity contribution in [2.45, 2.75) is 0 Å². The van der Waals surface area contributed by atoms with Crippen molar-refractivity contribution in [3.05, 3.63) is 56.3 Å². The molecule has 1 saturated heterocycles. The number of rotatable bonds is 3. The molecule has 1 fully saturated rings. The predicted molar refractivity (Wildman–Crippen MR) is 134 cm³/mol. The van der Waals surface area contributed by atoms with Crippen LogP contribution in [0, 0.1) is 0 Å². The molecule has 5 nitrogen and oxygen atoms in total. The average molecular weight is 515 g/mol. The minimum atomic E-state index is -0.0719. The van der Waals surface area contributed by atoms with Crippen LogP contribution in [0.4, 0.5) is 5.69 Å². The Kier molecular flexibility index (Phi) is 6.79. The molecule has 0 saturated carbocycles. The summed E-state index contributed by atoms with van der Waals surface area (Å²) in [4.78, 5) is 17.4. The maximum Gasteiger partial charge on any atom is 0.265 e. The highest BCUT2D eigenvalue weighted by Crippen LogP contribution is 2.37. The number of thiophene rings is 1. The van der Waals surface area contributed by atoms with Gasteiger partial charge in [0.1, 0.15) is 10.6 Å². The zero-order chi connectivity index (χ0) is 22.1. The molecule has 1 amide bonds. The van der Waals surface area contributed by atoms with Crippen LogP contribution in [0.15, 0.2) is 36.4 Å². The standard InChI is InChI=1S/C21H18Cl3N3O2S2/c1-29-16-5-3-12(22)10-15(16)25-21(30)27-8-6-26(7-9-27)20(28)19-18(24)14-4-2-13(23)11-17(14)31-19/h2-5,10-11H,6-9H2,1H3,(H,25,30). The second-order valence-electron chi connectivity index (χ2n) is 6.94. The lowest BCUT2D eigenvalue weighted by atomic mass is 10.2. The molecule has 162 valence electrons. The van der Waals surface area contributed by atoms with Crippen LogP contribution in [0.2, 0.25) is 15.1 Å². The Morgan fingerprint density at radius 2 is 1.68 bits per heavy atom. The Morgan fingerprint density at radius 3 is 2.39 bits per heavy atom. The van der Waals surface area contributed by atoms with Gasteiger partial charge in [-0.15, -0.1) is 11.3 Å². The molecule has 1 N–H and O–H groups in total. The van der Waals surface area contributed by atoms with Crippen molar-refractivity contribution in [1.82, 2.24) is 9.80 Å². The molecular formula is C21H18Cl3N3O2S2. The van der Waals surface area contributed by atoms with Crippen LogP contribution in [0.3, 0.4) is 0 Å². The SMILES string of the molecule is COc1ccc(Cl)cc1NC(=S)N1CCN(C(=O)c2sc3cc(Cl)ccc3c2Cl)CC1. The van der Waals surface area contributed by atoms with Gasteiger partial charge in [-0.1, -0.05) is 40.9 Å². The number of thiocarbonyl (C=S) groups is 1. The van der Waals surface area contributed by atoms with Crippen molar-refractivity contribution in [1.29, 1.82) is 0 Å². The molecule has 3 aromatic rings. The molecule has 1 aliphatic heterocycles. The maximum atomic E-state index is 13.1. The summed E-state index contributed by atoms with van der Waals surface area (Å²) in [6, 6.07) is 10.8. The molecule has 2 heterocycles. The van der Waals surface area contributed by atoms with E-state index in [-0.39, 0.29) is 5.91 Å². The van der Waals surface area contributed by atoms with Crippen LogP contribution in [0.1, 0.15) is 9.67 Å². The Hall–Kier alpha value is -1.77. The second kappa shape index (κ2) is 9.38. The summed E-state index contributed by atoms with van der Waals surface area (Å²) in [5, 5.41) is 6.28. The van der Waals surface area contributed by atoms with E-state index in [4.69, 9.17) is 51.8 Å². The number of amides is 1. The van der Waals surface area contributed by atoms with Gasteiger partial charge in [-0.3, -0.25) is 4.79 Å². The molecule has 0 bridgehead atoms. The number of halogens is 3. The lowest BCUT2D eigenvalue weighted by molar-refractivity contribution is 0.0698. The van der Waals surface area contributed by atoms with E-state index in [9.17, 15) is 4.79 Å². The van der Waals surface area contributed by atoms with Gasteiger partial charge >= 0.3 is 0 Å². The van der Waals surface area contributed by atoms with Gasteiger partial charge in [-0.05, 0) is 42.5 Å². The highest BCUT2D eigenvalue weighted by atomic mass is 35.5. The fourth-order valence-corrected chi connectivity index (χ4v) is 5.63. The molecule has 0 spiro atoms. The normalized spacial score (nSPS) is 14.1. The fraction of sp³-hybridized carbons (Fsp3) is 0.238. The zero-order valence-electron chi connectivity index (χ0n) is 16.5. The first-order chi connectivity index (χ1) is 14.9. The van der Waals surface area contributed by atoms with Crippen molar-refractivity contribution >= 4 is 85.2 Å². The highest BCUT2D eigenvalue weighted by molar-refractivity contribution is 7.80. The van der Waals surface area contributed by atoms with E-state index in [1.165, 1.54) is 11.3 Å². The number of fused-ring (bicyclic) bond motifs is 1. The predicted octanol–water partition coefficient (Wildman–Crippen LogP) is 6.02. The van der Waals surface area contributed by atoms with Gasteiger partial charge in [-0.25, -0.2) is 0 Å². The number of ether oxygens (including phenoxy) is 1. The van der Waals surface area contributed by atoms with Gasteiger partial charge < -0.3 is 19.9 Å². The van der Waals surface area contributed by atoms with Gasteiger partial charge in [0.2, 0.25) is 0 Å². The van der Waals surface area contributed by atoms with E-state index in [0.29, 0.717) is 62.7 Å². The largest absolute Gasteiger partial charge is 0.495 e. The van der Waals surface area contributed by atoms with Crippen LogP contribution in [0.5, 0.6) is 5.75 Å². The number of anilines is 1. The summed E-state index contributed by atoms with van der Waals surface area (Å²) < 4.78 is 6.26. The molecule has 4 rings (SSSR count). The highest BCUT2D eigenvalue weighted by Gasteiger charge is 2.27. The number of carbonyl (C=O) groups excluding carboxylic acids is 1. The molecule has 1 aromatic heterocycles. The average Bonchev–Trinajstić information content (AvgIpc) is 3.09. The van der Waals surface area contributed by atoms with Crippen molar-refractivity contribution in [2.75, 3.05) is 38.6 Å². The monoisotopic (exact) mass is 513 g/mol. The van der Waals surface area contributed by atoms with Gasteiger partial charge in [0.25, 0.3) is 5.91 Å². The Balaban J connectivity index is 1.42. The first-order valence-electron chi connectivity index (χ1n) is 9.43. The number of hydrogen-bond acceptors (Lipinski definition) is 4. The number of hydrogen-bond donors (Lipinski definition) is 1. The maximum absolute atomic E-state index is 13.1. The molecule has 0 aliphatic carbocycles. The third-order valence-corrected chi connectivity index (χ3v) is 7.52. The van der Waals surface area contributed by atoms with Crippen molar-refractivity contribution in [3.63, 3.8) is 0 Å². The molecule has 0 radical (unpaired) electrons. The van der Waals surface area contributed by atoms with Crippen LogP contribution >= 0.6 is 58.4 Å². The quantitative estimate of drug-likeness (QED) is 0.433. The molecular weight excluding hydrogens is 497 g/mol. The smallest absolute Gasteiger partial charge is 0.265 e. The molecule has 10 heteroatoms. The molecule has 31 heavy (non-hydrogen) atoms. The summed E-state index contributed by atoms with van der Waals surface area (Å²) in [6.45, 7) is 2.29. The first-order valence-corrected chi connectivity index (χ1v) is 11.8. The minimum absolute atomic E-state index is 0.0719. The number of nitrogens with one attached hydrogen (secondary N) is 1. The van der Waals surface area contributed by atoms with Crippen molar-refractivity contribution < 1.29 is 9.53 Å². The first kappa shape index (κ1) is 22.4. The van der Waals surface area contributed by atoms with Gasteiger partial charge in [0.05, 0.1) is 17.8 Å². The van der Waals surface area contributed by atoms with E-state index >= 15 is 0 Å². The summed E-state index contributed by atoms with van der Waals surface area (Å²) in [6.07, 6.45) is 0. The second-order valence-corrected chi connectivity index (χ2v) is 9.63. The van der Waals surface area contributed by atoms with Crippen LogP contribution in [-0.4, -0.2) is 54.1 Å². The topological polar surface area (TPSA) is 44.8 Å².